The molecule has 0 aromatic rings. The molecule has 0 aromatic carbocycles. The summed E-state index contributed by atoms with van der Waals surface area (Å²) in [6, 6.07) is 0.129. The molecule has 0 spiro atoms. The van der Waals surface area contributed by atoms with E-state index < -0.39 is 0 Å². The summed E-state index contributed by atoms with van der Waals surface area (Å²) in [5.41, 5.74) is 7.55. The van der Waals surface area contributed by atoms with Crippen LogP contribution >= 0.6 is 0 Å². The smallest absolute Gasteiger partial charge is 0.0611 e. The molecular formula is C19H29NO2. The molecule has 3 heteroatoms. The maximum Gasteiger partial charge on any atom is 0.0611 e. The average Bonchev–Trinajstić information content (AvgIpc) is 2.77. The van der Waals surface area contributed by atoms with Crippen LogP contribution in [-0.4, -0.2) is 28.5 Å². The zero-order valence-corrected chi connectivity index (χ0v) is 13.7. The van der Waals surface area contributed by atoms with Crippen molar-refractivity contribution in [1.82, 2.24) is 0 Å². The fourth-order valence-electron chi connectivity index (χ4n) is 6.08. The highest BCUT2D eigenvalue weighted by molar-refractivity contribution is 5.35. The third-order valence-electron chi connectivity index (χ3n) is 7.57. The summed E-state index contributed by atoms with van der Waals surface area (Å²) in [4.78, 5) is 0. The predicted molar refractivity (Wildman–Crippen MR) is 87.0 cm³/mol. The number of aliphatic hydroxyl groups is 2. The molecule has 8 atom stereocenters. The molecule has 4 N–H and O–H groups in total. The lowest BCUT2D eigenvalue weighted by Gasteiger charge is -2.56. The number of hydrogen-bond donors (Lipinski definition) is 3. The molecule has 2 saturated carbocycles. The molecule has 3 nitrogen and oxygen atoms in total. The van der Waals surface area contributed by atoms with Crippen molar-refractivity contribution >= 4 is 0 Å². The summed E-state index contributed by atoms with van der Waals surface area (Å²) in [7, 11) is 0. The van der Waals surface area contributed by atoms with Crippen molar-refractivity contribution in [2.24, 2.45) is 34.3 Å². The van der Waals surface area contributed by atoms with E-state index in [9.17, 15) is 10.2 Å². The van der Waals surface area contributed by atoms with Crippen LogP contribution in [0.4, 0.5) is 0 Å². The molecule has 0 unspecified atom stereocenters. The van der Waals surface area contributed by atoms with E-state index >= 15 is 0 Å². The first-order valence-electron chi connectivity index (χ1n) is 8.88. The Morgan fingerprint density at radius 3 is 2.73 bits per heavy atom. The van der Waals surface area contributed by atoms with Crippen molar-refractivity contribution in [2.75, 3.05) is 0 Å². The van der Waals surface area contributed by atoms with Crippen LogP contribution in [0.25, 0.3) is 0 Å². The van der Waals surface area contributed by atoms with E-state index in [0.717, 1.165) is 32.1 Å². The lowest BCUT2D eigenvalue weighted by atomic mass is 9.49. The number of hydrogen-bond acceptors (Lipinski definition) is 3. The SMILES string of the molecule is C[C@]12CC=C3[C@@H]([C@@H](O)C[C@@H]4C[C@@H](N)C=C[C@]34C)[C@@H]1CC[C@@H]2O. The van der Waals surface area contributed by atoms with Crippen LogP contribution in [0.3, 0.4) is 0 Å². The van der Waals surface area contributed by atoms with Gasteiger partial charge in [0.2, 0.25) is 0 Å². The second-order valence-electron chi connectivity index (χ2n) is 8.64. The summed E-state index contributed by atoms with van der Waals surface area (Å²) < 4.78 is 0. The first-order valence-corrected chi connectivity index (χ1v) is 8.88. The lowest BCUT2D eigenvalue weighted by molar-refractivity contribution is -0.0484. The zero-order valence-electron chi connectivity index (χ0n) is 13.7. The minimum atomic E-state index is -0.280. The van der Waals surface area contributed by atoms with Gasteiger partial charge in [0, 0.05) is 22.8 Å². The van der Waals surface area contributed by atoms with E-state index in [4.69, 9.17) is 5.73 Å². The summed E-state index contributed by atoms with van der Waals surface area (Å²) in [5.74, 6) is 1.08. The van der Waals surface area contributed by atoms with Gasteiger partial charge in [0.15, 0.2) is 0 Å². The Labute approximate surface area is 133 Å². The van der Waals surface area contributed by atoms with Gasteiger partial charge in [-0.15, -0.1) is 0 Å². The van der Waals surface area contributed by atoms with Gasteiger partial charge in [-0.25, -0.2) is 0 Å². The first kappa shape index (κ1) is 14.9. The van der Waals surface area contributed by atoms with Crippen LogP contribution in [0.15, 0.2) is 23.8 Å². The van der Waals surface area contributed by atoms with Gasteiger partial charge in [-0.05, 0) is 43.9 Å². The van der Waals surface area contributed by atoms with Crippen LogP contribution < -0.4 is 5.73 Å². The maximum absolute atomic E-state index is 10.9. The van der Waals surface area contributed by atoms with E-state index in [0.29, 0.717) is 11.8 Å². The minimum absolute atomic E-state index is 0.0485. The molecule has 0 saturated heterocycles. The Balaban J connectivity index is 1.78. The molecule has 0 aliphatic heterocycles. The molecule has 0 bridgehead atoms. The van der Waals surface area contributed by atoms with E-state index in [1.165, 1.54) is 5.57 Å². The highest BCUT2D eigenvalue weighted by atomic mass is 16.3. The van der Waals surface area contributed by atoms with Gasteiger partial charge < -0.3 is 15.9 Å². The molecule has 0 heterocycles. The largest absolute Gasteiger partial charge is 0.393 e. The molecule has 4 rings (SSSR count). The van der Waals surface area contributed by atoms with E-state index in [1.54, 1.807) is 0 Å². The molecule has 4 aliphatic rings. The Hall–Kier alpha value is -0.640. The molecule has 122 valence electrons. The molecular weight excluding hydrogens is 274 g/mol. The Bertz CT molecular complexity index is 542. The Morgan fingerprint density at radius 2 is 1.95 bits per heavy atom. The van der Waals surface area contributed by atoms with Crippen LogP contribution in [0.5, 0.6) is 0 Å². The molecule has 4 aliphatic carbocycles. The predicted octanol–water partition coefficient (Wildman–Crippen LogP) is 2.38. The quantitative estimate of drug-likeness (QED) is 0.602. The topological polar surface area (TPSA) is 66.5 Å². The maximum atomic E-state index is 10.9. The molecule has 0 radical (unpaired) electrons. The summed E-state index contributed by atoms with van der Waals surface area (Å²) in [6.45, 7) is 4.55. The van der Waals surface area contributed by atoms with Crippen LogP contribution in [0.1, 0.15) is 46.0 Å². The van der Waals surface area contributed by atoms with Crippen molar-refractivity contribution in [2.45, 2.75) is 64.2 Å². The van der Waals surface area contributed by atoms with E-state index in [-0.39, 0.29) is 35.0 Å². The van der Waals surface area contributed by atoms with Gasteiger partial charge in [-0.3, -0.25) is 0 Å². The monoisotopic (exact) mass is 303 g/mol. The van der Waals surface area contributed by atoms with Crippen LogP contribution in [0.2, 0.25) is 0 Å². The number of allylic oxidation sites excluding steroid dienone is 2. The summed E-state index contributed by atoms with van der Waals surface area (Å²) in [6.07, 6.45) is 11.0. The molecule has 2 fully saturated rings. The van der Waals surface area contributed by atoms with Crippen LogP contribution in [-0.2, 0) is 0 Å². The fraction of sp³-hybridized carbons (Fsp3) is 0.789. The molecule has 0 amide bonds. The zero-order chi connectivity index (χ0) is 15.7. The Kier molecular flexibility index (Phi) is 3.18. The number of fused-ring (bicyclic) bond motifs is 5. The number of rotatable bonds is 0. The highest BCUT2D eigenvalue weighted by Crippen LogP contribution is 2.62. The van der Waals surface area contributed by atoms with Gasteiger partial charge in [0.05, 0.1) is 12.2 Å². The second kappa shape index (κ2) is 4.68. The second-order valence-corrected chi connectivity index (χ2v) is 8.64. The number of aliphatic hydroxyl groups excluding tert-OH is 2. The minimum Gasteiger partial charge on any atom is -0.393 e. The normalized spacial score (nSPS) is 56.9. The third kappa shape index (κ3) is 1.79. The van der Waals surface area contributed by atoms with Crippen LogP contribution in [0, 0.1) is 28.6 Å². The van der Waals surface area contributed by atoms with Crippen molar-refractivity contribution in [1.29, 1.82) is 0 Å². The van der Waals surface area contributed by atoms with Gasteiger partial charge in [0.25, 0.3) is 0 Å². The van der Waals surface area contributed by atoms with E-state index in [1.807, 2.05) is 0 Å². The van der Waals surface area contributed by atoms with Gasteiger partial charge in [-0.2, -0.15) is 0 Å². The van der Waals surface area contributed by atoms with Crippen molar-refractivity contribution in [3.8, 4) is 0 Å². The van der Waals surface area contributed by atoms with Gasteiger partial charge in [0.1, 0.15) is 0 Å². The van der Waals surface area contributed by atoms with Crippen molar-refractivity contribution in [3.63, 3.8) is 0 Å². The van der Waals surface area contributed by atoms with Gasteiger partial charge >= 0.3 is 0 Å². The average molecular weight is 303 g/mol. The van der Waals surface area contributed by atoms with Gasteiger partial charge in [-0.1, -0.05) is 37.6 Å². The van der Waals surface area contributed by atoms with Crippen molar-refractivity contribution < 1.29 is 10.2 Å². The first-order chi connectivity index (χ1) is 10.4. The lowest BCUT2D eigenvalue weighted by Crippen LogP contribution is -2.53. The molecule has 22 heavy (non-hydrogen) atoms. The molecule has 0 aromatic heterocycles. The standard InChI is InChI=1S/C19H29NO2/c1-18-7-5-12(20)9-11(18)10-15(21)17-13-3-4-16(22)19(13,2)8-6-14(17)18/h5-7,11-13,15-17,21-22H,3-4,8-10,20H2,1-2H3/t11-,12-,13-,15-,16-,17-,18-,19-/m0/s1. The summed E-state index contributed by atoms with van der Waals surface area (Å²) in [5, 5.41) is 21.4. The summed E-state index contributed by atoms with van der Waals surface area (Å²) >= 11 is 0. The fourth-order valence-corrected chi connectivity index (χ4v) is 6.08. The highest BCUT2D eigenvalue weighted by Gasteiger charge is 2.58. The third-order valence-corrected chi connectivity index (χ3v) is 7.57. The number of nitrogens with two attached hydrogens (primary N) is 1. The van der Waals surface area contributed by atoms with E-state index in [2.05, 4.69) is 32.1 Å². The Morgan fingerprint density at radius 1 is 1.18 bits per heavy atom. The van der Waals surface area contributed by atoms with Crippen molar-refractivity contribution in [3.05, 3.63) is 23.8 Å².